The second kappa shape index (κ2) is 5.75. The zero-order valence-electron chi connectivity index (χ0n) is 11.2. The van der Waals surface area contributed by atoms with E-state index in [-0.39, 0.29) is 5.78 Å². The Kier molecular flexibility index (Phi) is 4.06. The van der Waals surface area contributed by atoms with Crippen LogP contribution in [0.2, 0.25) is 0 Å². The van der Waals surface area contributed by atoms with Crippen LogP contribution in [0.25, 0.3) is 5.69 Å². The number of rotatable bonds is 5. The molecule has 1 atom stereocenters. The van der Waals surface area contributed by atoms with Crippen LogP contribution in [0, 0.1) is 5.92 Å². The van der Waals surface area contributed by atoms with Gasteiger partial charge in [-0.05, 0) is 24.5 Å². The van der Waals surface area contributed by atoms with E-state index in [1.54, 1.807) is 0 Å². The Bertz CT molecular complexity index is 548. The van der Waals surface area contributed by atoms with E-state index in [9.17, 15) is 4.79 Å². The molecule has 0 saturated heterocycles. The van der Waals surface area contributed by atoms with Gasteiger partial charge in [-0.25, -0.2) is 4.68 Å². The van der Waals surface area contributed by atoms with Crippen LogP contribution in [-0.2, 0) is 0 Å². The molecule has 0 amide bonds. The first-order valence-electron chi connectivity index (χ1n) is 6.35. The molecule has 1 unspecified atom stereocenters. The number of hydrogen-bond donors (Lipinski definition) is 1. The number of para-hydroxylation sites is 1. The van der Waals surface area contributed by atoms with E-state index in [4.69, 9.17) is 5.73 Å². The van der Waals surface area contributed by atoms with Gasteiger partial charge in [0.25, 0.3) is 0 Å². The second-order valence-electron chi connectivity index (χ2n) is 4.97. The first-order chi connectivity index (χ1) is 9.09. The molecule has 2 N–H and O–H groups in total. The molecule has 0 bridgehead atoms. The van der Waals surface area contributed by atoms with Gasteiger partial charge in [0.05, 0.1) is 17.9 Å². The smallest absolute Gasteiger partial charge is 0.199 e. The standard InChI is InChI=1S/C14H18N4O/c1-10(2)8-12(15)14(19)13-9-16-17-18(13)11-6-4-3-5-7-11/h3-7,9-10,12H,8,15H2,1-2H3. The fraction of sp³-hybridized carbons (Fsp3) is 0.357. The molecule has 0 saturated carbocycles. The summed E-state index contributed by atoms with van der Waals surface area (Å²) in [5.41, 5.74) is 7.17. The molecule has 0 fully saturated rings. The lowest BCUT2D eigenvalue weighted by Gasteiger charge is -2.13. The van der Waals surface area contributed by atoms with Crippen LogP contribution in [0.3, 0.4) is 0 Å². The number of ketones is 1. The third kappa shape index (κ3) is 3.06. The Morgan fingerprint density at radius 3 is 2.63 bits per heavy atom. The van der Waals surface area contributed by atoms with Crippen molar-refractivity contribution in [2.45, 2.75) is 26.3 Å². The van der Waals surface area contributed by atoms with Crippen molar-refractivity contribution >= 4 is 5.78 Å². The Morgan fingerprint density at radius 2 is 2.00 bits per heavy atom. The first kappa shape index (κ1) is 13.4. The molecule has 0 spiro atoms. The minimum atomic E-state index is -0.513. The number of Topliss-reactive ketones (excluding diaryl/α,β-unsaturated/α-hetero) is 1. The normalized spacial score (nSPS) is 12.6. The van der Waals surface area contributed by atoms with E-state index in [0.717, 1.165) is 5.69 Å². The summed E-state index contributed by atoms with van der Waals surface area (Å²) in [6.45, 7) is 4.08. The van der Waals surface area contributed by atoms with Gasteiger partial charge < -0.3 is 5.73 Å². The van der Waals surface area contributed by atoms with Gasteiger partial charge in [-0.3, -0.25) is 4.79 Å². The second-order valence-corrected chi connectivity index (χ2v) is 4.97. The minimum Gasteiger partial charge on any atom is -0.321 e. The number of hydrogen-bond acceptors (Lipinski definition) is 4. The van der Waals surface area contributed by atoms with Crippen molar-refractivity contribution < 1.29 is 4.79 Å². The summed E-state index contributed by atoms with van der Waals surface area (Å²) in [5, 5.41) is 7.78. The maximum absolute atomic E-state index is 12.3. The van der Waals surface area contributed by atoms with Crippen molar-refractivity contribution in [2.24, 2.45) is 11.7 Å². The lowest BCUT2D eigenvalue weighted by atomic mass is 10.00. The van der Waals surface area contributed by atoms with Gasteiger partial charge in [-0.2, -0.15) is 0 Å². The largest absolute Gasteiger partial charge is 0.321 e. The van der Waals surface area contributed by atoms with Crippen molar-refractivity contribution in [1.29, 1.82) is 0 Å². The first-order valence-corrected chi connectivity index (χ1v) is 6.35. The van der Waals surface area contributed by atoms with E-state index in [0.29, 0.717) is 18.0 Å². The highest BCUT2D eigenvalue weighted by molar-refractivity contribution is 5.98. The summed E-state index contributed by atoms with van der Waals surface area (Å²) in [4.78, 5) is 12.3. The Hall–Kier alpha value is -2.01. The minimum absolute atomic E-state index is 0.123. The fourth-order valence-corrected chi connectivity index (χ4v) is 1.97. The monoisotopic (exact) mass is 258 g/mol. The number of carbonyl (C=O) groups is 1. The summed E-state index contributed by atoms with van der Waals surface area (Å²) in [7, 11) is 0. The Morgan fingerprint density at radius 1 is 1.32 bits per heavy atom. The number of nitrogens with two attached hydrogens (primary N) is 1. The number of aromatic nitrogens is 3. The fourth-order valence-electron chi connectivity index (χ4n) is 1.97. The van der Waals surface area contributed by atoms with Crippen LogP contribution < -0.4 is 5.73 Å². The maximum atomic E-state index is 12.3. The molecule has 2 rings (SSSR count). The van der Waals surface area contributed by atoms with Gasteiger partial charge in [-0.15, -0.1) is 5.10 Å². The van der Waals surface area contributed by atoms with E-state index >= 15 is 0 Å². The van der Waals surface area contributed by atoms with E-state index in [2.05, 4.69) is 10.3 Å². The third-order valence-corrected chi connectivity index (χ3v) is 2.86. The third-order valence-electron chi connectivity index (χ3n) is 2.86. The molecule has 0 aliphatic carbocycles. The number of benzene rings is 1. The molecule has 100 valence electrons. The van der Waals surface area contributed by atoms with Gasteiger partial charge in [-0.1, -0.05) is 37.3 Å². The predicted molar refractivity (Wildman–Crippen MR) is 73.1 cm³/mol. The van der Waals surface area contributed by atoms with Gasteiger partial charge in [0.1, 0.15) is 5.69 Å². The molecule has 1 aromatic heterocycles. The molecule has 1 aromatic carbocycles. The number of nitrogens with zero attached hydrogens (tertiary/aromatic N) is 3. The zero-order valence-corrected chi connectivity index (χ0v) is 11.2. The highest BCUT2D eigenvalue weighted by Gasteiger charge is 2.21. The molecular weight excluding hydrogens is 240 g/mol. The molecule has 19 heavy (non-hydrogen) atoms. The van der Waals surface area contributed by atoms with E-state index in [1.807, 2.05) is 44.2 Å². The van der Waals surface area contributed by atoms with Crippen LogP contribution >= 0.6 is 0 Å². The van der Waals surface area contributed by atoms with Gasteiger partial charge in [0, 0.05) is 0 Å². The van der Waals surface area contributed by atoms with Gasteiger partial charge >= 0.3 is 0 Å². The van der Waals surface area contributed by atoms with E-state index in [1.165, 1.54) is 10.9 Å². The van der Waals surface area contributed by atoms with Crippen molar-refractivity contribution in [3.05, 3.63) is 42.2 Å². The molecule has 5 heteroatoms. The van der Waals surface area contributed by atoms with Crippen molar-refractivity contribution in [1.82, 2.24) is 15.0 Å². The summed E-state index contributed by atoms with van der Waals surface area (Å²) >= 11 is 0. The van der Waals surface area contributed by atoms with Crippen LogP contribution in [0.1, 0.15) is 30.8 Å². The van der Waals surface area contributed by atoms with Crippen LogP contribution in [0.15, 0.2) is 36.5 Å². The SMILES string of the molecule is CC(C)CC(N)C(=O)c1cnnn1-c1ccccc1. The topological polar surface area (TPSA) is 73.8 Å². The zero-order chi connectivity index (χ0) is 13.8. The lowest BCUT2D eigenvalue weighted by molar-refractivity contribution is 0.0943. The molecular formula is C14H18N4O. The Balaban J connectivity index is 2.27. The average Bonchev–Trinajstić information content (AvgIpc) is 2.87. The summed E-state index contributed by atoms with van der Waals surface area (Å²) < 4.78 is 1.53. The summed E-state index contributed by atoms with van der Waals surface area (Å²) in [5.74, 6) is 0.252. The highest BCUT2D eigenvalue weighted by atomic mass is 16.1. The van der Waals surface area contributed by atoms with Gasteiger partial charge in [0.2, 0.25) is 0 Å². The average molecular weight is 258 g/mol. The maximum Gasteiger partial charge on any atom is 0.199 e. The molecule has 0 aliphatic rings. The molecule has 2 aromatic rings. The predicted octanol–water partition coefficient (Wildman–Crippen LogP) is 1.82. The molecule has 5 nitrogen and oxygen atoms in total. The highest BCUT2D eigenvalue weighted by Crippen LogP contribution is 2.13. The van der Waals surface area contributed by atoms with Gasteiger partial charge in [0.15, 0.2) is 5.78 Å². The lowest BCUT2D eigenvalue weighted by Crippen LogP contribution is -2.33. The molecule has 0 aliphatic heterocycles. The van der Waals surface area contributed by atoms with Crippen LogP contribution in [-0.4, -0.2) is 26.8 Å². The molecule has 1 heterocycles. The molecule has 0 radical (unpaired) electrons. The van der Waals surface area contributed by atoms with Crippen molar-refractivity contribution in [2.75, 3.05) is 0 Å². The van der Waals surface area contributed by atoms with Crippen molar-refractivity contribution in [3.8, 4) is 5.69 Å². The number of carbonyl (C=O) groups excluding carboxylic acids is 1. The van der Waals surface area contributed by atoms with Crippen molar-refractivity contribution in [3.63, 3.8) is 0 Å². The van der Waals surface area contributed by atoms with E-state index < -0.39 is 6.04 Å². The van der Waals surface area contributed by atoms with Crippen LogP contribution in [0.4, 0.5) is 0 Å². The summed E-state index contributed by atoms with van der Waals surface area (Å²) in [6.07, 6.45) is 2.12. The van der Waals surface area contributed by atoms with Crippen LogP contribution in [0.5, 0.6) is 0 Å². The Labute approximate surface area is 112 Å². The summed E-state index contributed by atoms with van der Waals surface area (Å²) in [6, 6.07) is 8.92. The quantitative estimate of drug-likeness (QED) is 0.830.